The summed E-state index contributed by atoms with van der Waals surface area (Å²) in [7, 11) is 1.84. The summed E-state index contributed by atoms with van der Waals surface area (Å²) in [5.74, 6) is 0.695. The van der Waals surface area contributed by atoms with Gasteiger partial charge in [-0.3, -0.25) is 4.68 Å². The van der Waals surface area contributed by atoms with Crippen LogP contribution >= 0.6 is 0 Å². The first-order valence-electron chi connectivity index (χ1n) is 4.18. The van der Waals surface area contributed by atoms with Gasteiger partial charge in [-0.1, -0.05) is 0 Å². The van der Waals surface area contributed by atoms with E-state index in [4.69, 9.17) is 10.5 Å². The molecule has 0 saturated carbocycles. The maximum absolute atomic E-state index is 5.65. The SMILES string of the molecule is Cn1nc([C@@H]2CCCO2)cc1N. The molecule has 0 bridgehead atoms. The molecule has 66 valence electrons. The van der Waals surface area contributed by atoms with E-state index in [9.17, 15) is 0 Å². The maximum Gasteiger partial charge on any atom is 0.121 e. The second-order valence-electron chi connectivity index (χ2n) is 3.12. The second-order valence-corrected chi connectivity index (χ2v) is 3.12. The lowest BCUT2D eigenvalue weighted by molar-refractivity contribution is 0.108. The van der Waals surface area contributed by atoms with E-state index in [2.05, 4.69) is 5.10 Å². The van der Waals surface area contributed by atoms with Gasteiger partial charge in [-0.25, -0.2) is 0 Å². The van der Waals surface area contributed by atoms with Crippen molar-refractivity contribution in [2.45, 2.75) is 18.9 Å². The Balaban J connectivity index is 2.21. The number of hydrogen-bond acceptors (Lipinski definition) is 3. The average Bonchev–Trinajstić information content (AvgIpc) is 2.61. The Morgan fingerprint density at radius 1 is 1.75 bits per heavy atom. The Hall–Kier alpha value is -1.03. The van der Waals surface area contributed by atoms with Gasteiger partial charge in [0.05, 0.1) is 5.69 Å². The molecule has 4 heteroatoms. The van der Waals surface area contributed by atoms with E-state index in [1.807, 2.05) is 13.1 Å². The fourth-order valence-corrected chi connectivity index (χ4v) is 1.47. The van der Waals surface area contributed by atoms with Crippen LogP contribution in [0.25, 0.3) is 0 Å². The normalized spacial score (nSPS) is 23.2. The molecule has 2 rings (SSSR count). The molecule has 0 spiro atoms. The van der Waals surface area contributed by atoms with Gasteiger partial charge in [0.2, 0.25) is 0 Å². The predicted octanol–water partition coefficient (Wildman–Crippen LogP) is 0.854. The van der Waals surface area contributed by atoms with Gasteiger partial charge in [-0.15, -0.1) is 0 Å². The number of nitrogen functional groups attached to an aromatic ring is 1. The zero-order valence-electron chi connectivity index (χ0n) is 7.16. The summed E-state index contributed by atoms with van der Waals surface area (Å²) in [6.07, 6.45) is 2.37. The van der Waals surface area contributed by atoms with Crippen LogP contribution in [0.15, 0.2) is 6.07 Å². The fraction of sp³-hybridized carbons (Fsp3) is 0.625. The van der Waals surface area contributed by atoms with Gasteiger partial charge < -0.3 is 10.5 Å². The molecule has 1 aliphatic rings. The summed E-state index contributed by atoms with van der Waals surface area (Å²) in [6, 6.07) is 1.88. The molecule has 2 N–H and O–H groups in total. The first-order chi connectivity index (χ1) is 5.77. The van der Waals surface area contributed by atoms with Crippen LogP contribution in [0.3, 0.4) is 0 Å². The third kappa shape index (κ3) is 1.18. The lowest BCUT2D eigenvalue weighted by Gasteiger charge is -2.03. The van der Waals surface area contributed by atoms with Gasteiger partial charge in [0.15, 0.2) is 0 Å². The number of anilines is 1. The minimum Gasteiger partial charge on any atom is -0.384 e. The number of nitrogens with two attached hydrogens (primary N) is 1. The fourth-order valence-electron chi connectivity index (χ4n) is 1.47. The molecule has 1 aromatic rings. The van der Waals surface area contributed by atoms with Crippen LogP contribution < -0.4 is 5.73 Å². The third-order valence-corrected chi connectivity index (χ3v) is 2.19. The molecule has 1 atom stereocenters. The van der Waals surface area contributed by atoms with E-state index >= 15 is 0 Å². The molecule has 1 aromatic heterocycles. The molecule has 1 saturated heterocycles. The Morgan fingerprint density at radius 3 is 3.08 bits per heavy atom. The van der Waals surface area contributed by atoms with Crippen molar-refractivity contribution in [1.82, 2.24) is 9.78 Å². The standard InChI is InChI=1S/C8H13N3O/c1-11-8(9)5-6(10-11)7-3-2-4-12-7/h5,7H,2-4,9H2,1H3/t7-/m0/s1. The summed E-state index contributed by atoms with van der Waals surface area (Å²) in [4.78, 5) is 0. The van der Waals surface area contributed by atoms with Crippen LogP contribution in [-0.4, -0.2) is 16.4 Å². The van der Waals surface area contributed by atoms with Crippen molar-refractivity contribution in [2.24, 2.45) is 7.05 Å². The van der Waals surface area contributed by atoms with Crippen LogP contribution in [0.2, 0.25) is 0 Å². The lowest BCUT2D eigenvalue weighted by Crippen LogP contribution is -1.99. The van der Waals surface area contributed by atoms with Crippen molar-refractivity contribution in [3.05, 3.63) is 11.8 Å². The summed E-state index contributed by atoms with van der Waals surface area (Å²) < 4.78 is 7.15. The molecular formula is C8H13N3O. The van der Waals surface area contributed by atoms with Crippen LogP contribution in [0, 0.1) is 0 Å². The molecule has 0 aliphatic carbocycles. The van der Waals surface area contributed by atoms with E-state index < -0.39 is 0 Å². The second kappa shape index (κ2) is 2.79. The summed E-state index contributed by atoms with van der Waals surface area (Å²) in [5, 5.41) is 4.26. The first kappa shape index (κ1) is 7.61. The van der Waals surface area contributed by atoms with Crippen LogP contribution in [0.5, 0.6) is 0 Å². The topological polar surface area (TPSA) is 53.1 Å². The molecular weight excluding hydrogens is 154 g/mol. The quantitative estimate of drug-likeness (QED) is 0.674. The minimum absolute atomic E-state index is 0.175. The molecule has 0 aromatic carbocycles. The first-order valence-corrected chi connectivity index (χ1v) is 4.18. The monoisotopic (exact) mass is 167 g/mol. The highest BCUT2D eigenvalue weighted by Gasteiger charge is 2.20. The highest BCUT2D eigenvalue weighted by atomic mass is 16.5. The van der Waals surface area contributed by atoms with Crippen molar-refractivity contribution in [3.8, 4) is 0 Å². The molecule has 1 fully saturated rings. The van der Waals surface area contributed by atoms with Crippen molar-refractivity contribution in [2.75, 3.05) is 12.3 Å². The number of rotatable bonds is 1. The Labute approximate surface area is 71.3 Å². The number of aryl methyl sites for hydroxylation is 1. The number of ether oxygens (including phenoxy) is 1. The molecule has 1 aliphatic heterocycles. The van der Waals surface area contributed by atoms with Crippen LogP contribution in [0.4, 0.5) is 5.82 Å². The lowest BCUT2D eigenvalue weighted by atomic mass is 10.2. The van der Waals surface area contributed by atoms with Gasteiger partial charge in [-0.2, -0.15) is 5.10 Å². The van der Waals surface area contributed by atoms with Crippen LogP contribution in [0.1, 0.15) is 24.6 Å². The Bertz CT molecular complexity index is 256. The van der Waals surface area contributed by atoms with E-state index in [1.54, 1.807) is 4.68 Å². The highest BCUT2D eigenvalue weighted by Crippen LogP contribution is 2.27. The van der Waals surface area contributed by atoms with Gasteiger partial charge in [0, 0.05) is 19.7 Å². The average molecular weight is 167 g/mol. The van der Waals surface area contributed by atoms with E-state index in [0.29, 0.717) is 5.82 Å². The summed E-state index contributed by atoms with van der Waals surface area (Å²) in [6.45, 7) is 0.848. The zero-order valence-corrected chi connectivity index (χ0v) is 7.16. The van der Waals surface area contributed by atoms with Crippen molar-refractivity contribution in [3.63, 3.8) is 0 Å². The van der Waals surface area contributed by atoms with Crippen molar-refractivity contribution < 1.29 is 4.74 Å². The van der Waals surface area contributed by atoms with E-state index in [0.717, 1.165) is 25.1 Å². The molecule has 4 nitrogen and oxygen atoms in total. The van der Waals surface area contributed by atoms with Crippen LogP contribution in [-0.2, 0) is 11.8 Å². The molecule has 0 amide bonds. The minimum atomic E-state index is 0.175. The summed E-state index contributed by atoms with van der Waals surface area (Å²) in [5.41, 5.74) is 6.62. The number of hydrogen-bond donors (Lipinski definition) is 1. The van der Waals surface area contributed by atoms with E-state index in [-0.39, 0.29) is 6.10 Å². The molecule has 0 radical (unpaired) electrons. The van der Waals surface area contributed by atoms with Crippen molar-refractivity contribution >= 4 is 5.82 Å². The highest BCUT2D eigenvalue weighted by molar-refractivity contribution is 5.31. The number of nitrogens with zero attached hydrogens (tertiary/aromatic N) is 2. The van der Waals surface area contributed by atoms with Gasteiger partial charge in [0.25, 0.3) is 0 Å². The molecule has 0 unspecified atom stereocenters. The van der Waals surface area contributed by atoms with E-state index in [1.165, 1.54) is 0 Å². The van der Waals surface area contributed by atoms with Gasteiger partial charge in [0.1, 0.15) is 11.9 Å². The molecule has 2 heterocycles. The summed E-state index contributed by atoms with van der Waals surface area (Å²) >= 11 is 0. The Kier molecular flexibility index (Phi) is 1.77. The largest absolute Gasteiger partial charge is 0.384 e. The smallest absolute Gasteiger partial charge is 0.121 e. The number of aromatic nitrogens is 2. The van der Waals surface area contributed by atoms with Gasteiger partial charge in [-0.05, 0) is 12.8 Å². The predicted molar refractivity (Wildman–Crippen MR) is 45.5 cm³/mol. The zero-order chi connectivity index (χ0) is 8.55. The van der Waals surface area contributed by atoms with Crippen molar-refractivity contribution in [1.29, 1.82) is 0 Å². The third-order valence-electron chi connectivity index (χ3n) is 2.19. The Morgan fingerprint density at radius 2 is 2.58 bits per heavy atom. The molecule has 12 heavy (non-hydrogen) atoms. The maximum atomic E-state index is 5.65. The van der Waals surface area contributed by atoms with Gasteiger partial charge >= 0.3 is 0 Å².